The van der Waals surface area contributed by atoms with Crippen molar-refractivity contribution in [1.82, 2.24) is 10.6 Å². The van der Waals surface area contributed by atoms with Crippen molar-refractivity contribution in [2.24, 2.45) is 10.9 Å². The average Bonchev–Trinajstić information content (AvgIpc) is 3.45. The highest BCUT2D eigenvalue weighted by molar-refractivity contribution is 5.79. The monoisotopic (exact) mass is 415 g/mol. The number of hydrogen-bond acceptors (Lipinski definition) is 5. The molecule has 1 unspecified atom stereocenters. The number of ether oxygens (including phenoxy) is 3. The molecule has 7 nitrogen and oxygen atoms in total. The zero-order chi connectivity index (χ0) is 21.0. The first-order valence-electron chi connectivity index (χ1n) is 10.6. The molecular formula is C23H33N3O4. The molecule has 0 amide bonds. The van der Waals surface area contributed by atoms with Crippen molar-refractivity contribution in [2.75, 3.05) is 46.6 Å². The van der Waals surface area contributed by atoms with Gasteiger partial charge < -0.3 is 29.3 Å². The normalized spacial score (nSPS) is 16.6. The molecule has 2 aromatic rings. The second kappa shape index (κ2) is 12.2. The largest absolute Gasteiger partial charge is 0.491 e. The van der Waals surface area contributed by atoms with E-state index in [0.29, 0.717) is 25.7 Å². The second-order valence-electron chi connectivity index (χ2n) is 7.48. The van der Waals surface area contributed by atoms with Gasteiger partial charge in [0, 0.05) is 44.7 Å². The number of guanidine groups is 1. The number of nitrogens with zero attached hydrogens (tertiary/aromatic N) is 1. The van der Waals surface area contributed by atoms with Crippen LogP contribution in [-0.2, 0) is 22.4 Å². The number of rotatable bonds is 11. The minimum absolute atomic E-state index is 0.519. The summed E-state index contributed by atoms with van der Waals surface area (Å²) in [6.07, 6.45) is 3.59. The van der Waals surface area contributed by atoms with E-state index >= 15 is 0 Å². The maximum atomic E-state index is 5.90. The molecule has 1 aromatic heterocycles. The molecule has 30 heavy (non-hydrogen) atoms. The van der Waals surface area contributed by atoms with Crippen molar-refractivity contribution >= 4 is 5.96 Å². The molecule has 1 aliphatic rings. The third-order valence-corrected chi connectivity index (χ3v) is 5.00. The first kappa shape index (κ1) is 22.2. The smallest absolute Gasteiger partial charge is 0.191 e. The highest BCUT2D eigenvalue weighted by atomic mass is 16.5. The average molecular weight is 416 g/mol. The summed E-state index contributed by atoms with van der Waals surface area (Å²) in [4.78, 5) is 4.80. The molecule has 0 saturated carbocycles. The molecule has 0 bridgehead atoms. The Bertz CT molecular complexity index is 771. The van der Waals surface area contributed by atoms with E-state index in [4.69, 9.17) is 23.6 Å². The Kier molecular flexibility index (Phi) is 9.05. The Morgan fingerprint density at radius 2 is 2.17 bits per heavy atom. The van der Waals surface area contributed by atoms with E-state index in [1.807, 2.05) is 18.2 Å². The van der Waals surface area contributed by atoms with Gasteiger partial charge in [-0.15, -0.1) is 0 Å². The molecule has 0 aliphatic carbocycles. The lowest BCUT2D eigenvalue weighted by Gasteiger charge is -2.16. The Labute approximate surface area is 178 Å². The van der Waals surface area contributed by atoms with Gasteiger partial charge in [-0.25, -0.2) is 4.99 Å². The van der Waals surface area contributed by atoms with Crippen LogP contribution in [0.5, 0.6) is 5.75 Å². The predicted octanol–water partition coefficient (Wildman–Crippen LogP) is 2.93. The van der Waals surface area contributed by atoms with Crippen molar-refractivity contribution < 1.29 is 18.6 Å². The van der Waals surface area contributed by atoms with Crippen LogP contribution in [0.2, 0.25) is 0 Å². The van der Waals surface area contributed by atoms with E-state index < -0.39 is 0 Å². The molecule has 3 rings (SSSR count). The number of aliphatic imine (C=N–C) groups is 1. The second-order valence-corrected chi connectivity index (χ2v) is 7.48. The van der Waals surface area contributed by atoms with Gasteiger partial charge in [0.1, 0.15) is 18.1 Å². The van der Waals surface area contributed by atoms with Crippen LogP contribution in [0.3, 0.4) is 0 Å². The summed E-state index contributed by atoms with van der Waals surface area (Å²) in [5.41, 5.74) is 2.21. The van der Waals surface area contributed by atoms with Crippen LogP contribution in [0.1, 0.15) is 23.3 Å². The number of benzene rings is 1. The maximum absolute atomic E-state index is 5.90. The van der Waals surface area contributed by atoms with Crippen LogP contribution >= 0.6 is 0 Å². The lowest BCUT2D eigenvalue weighted by atomic mass is 10.1. The summed E-state index contributed by atoms with van der Waals surface area (Å²) in [6, 6.07) is 10.1. The number of hydrogen-bond donors (Lipinski definition) is 2. The Morgan fingerprint density at radius 1 is 1.23 bits per heavy atom. The molecule has 2 N–H and O–H groups in total. The molecule has 0 spiro atoms. The fourth-order valence-electron chi connectivity index (χ4n) is 3.24. The third kappa shape index (κ3) is 7.39. The van der Waals surface area contributed by atoms with Gasteiger partial charge in [-0.2, -0.15) is 0 Å². The summed E-state index contributed by atoms with van der Waals surface area (Å²) < 4.78 is 21.9. The van der Waals surface area contributed by atoms with Gasteiger partial charge in [0.05, 0.1) is 26.0 Å². The summed E-state index contributed by atoms with van der Waals surface area (Å²) >= 11 is 0. The lowest BCUT2D eigenvalue weighted by molar-refractivity contribution is 0.145. The van der Waals surface area contributed by atoms with Gasteiger partial charge in [-0.3, -0.25) is 0 Å². The molecule has 1 saturated heterocycles. The number of aryl methyl sites for hydroxylation is 1. The number of nitrogens with one attached hydrogen (secondary N) is 2. The summed E-state index contributed by atoms with van der Waals surface area (Å²) in [7, 11) is 1.67. The minimum atomic E-state index is 0.519. The Balaban J connectivity index is 1.61. The standard InChI is InChI=1S/C23H33N3O4/c1-18-5-6-20(22(14-18)30-13-12-27-2)16-26-23(25-15-19-8-11-28-17-19)24-9-7-21-4-3-10-29-21/h3-6,10,14,19H,7-9,11-13,15-17H2,1-2H3,(H2,24,25,26). The van der Waals surface area contributed by atoms with Crippen LogP contribution in [-0.4, -0.2) is 52.6 Å². The molecule has 1 aromatic carbocycles. The van der Waals surface area contributed by atoms with Crippen molar-refractivity contribution in [3.63, 3.8) is 0 Å². The third-order valence-electron chi connectivity index (χ3n) is 5.00. The van der Waals surface area contributed by atoms with Gasteiger partial charge in [-0.05, 0) is 37.1 Å². The van der Waals surface area contributed by atoms with E-state index in [1.165, 1.54) is 0 Å². The van der Waals surface area contributed by atoms with E-state index in [-0.39, 0.29) is 0 Å². The molecule has 1 aliphatic heterocycles. The first-order valence-corrected chi connectivity index (χ1v) is 10.6. The van der Waals surface area contributed by atoms with Crippen LogP contribution in [0.4, 0.5) is 0 Å². The van der Waals surface area contributed by atoms with E-state index in [9.17, 15) is 0 Å². The number of methoxy groups -OCH3 is 1. The van der Waals surface area contributed by atoms with Gasteiger partial charge in [0.2, 0.25) is 0 Å². The van der Waals surface area contributed by atoms with Crippen molar-refractivity contribution in [3.8, 4) is 5.75 Å². The molecule has 1 atom stereocenters. The first-order chi connectivity index (χ1) is 14.7. The van der Waals surface area contributed by atoms with E-state index in [0.717, 1.165) is 67.7 Å². The fourth-order valence-corrected chi connectivity index (χ4v) is 3.24. The highest BCUT2D eigenvalue weighted by Gasteiger charge is 2.16. The minimum Gasteiger partial charge on any atom is -0.491 e. The lowest BCUT2D eigenvalue weighted by Crippen LogP contribution is -2.40. The van der Waals surface area contributed by atoms with Gasteiger partial charge in [0.15, 0.2) is 5.96 Å². The molecule has 0 radical (unpaired) electrons. The fraction of sp³-hybridized carbons (Fsp3) is 0.522. The van der Waals surface area contributed by atoms with E-state index in [2.05, 4.69) is 29.7 Å². The predicted molar refractivity (Wildman–Crippen MR) is 117 cm³/mol. The van der Waals surface area contributed by atoms with Gasteiger partial charge in [-0.1, -0.05) is 12.1 Å². The summed E-state index contributed by atoms with van der Waals surface area (Å²) in [6.45, 7) is 6.90. The molecule has 2 heterocycles. The van der Waals surface area contributed by atoms with Gasteiger partial charge >= 0.3 is 0 Å². The quantitative estimate of drug-likeness (QED) is 0.334. The SMILES string of the molecule is COCCOc1cc(C)ccc1CN=C(NCCc1ccco1)NCC1CCOC1. The van der Waals surface area contributed by atoms with Crippen LogP contribution < -0.4 is 15.4 Å². The van der Waals surface area contributed by atoms with Crippen molar-refractivity contribution in [2.45, 2.75) is 26.3 Å². The van der Waals surface area contributed by atoms with E-state index in [1.54, 1.807) is 13.4 Å². The molecular weight excluding hydrogens is 382 g/mol. The van der Waals surface area contributed by atoms with Crippen LogP contribution in [0.25, 0.3) is 0 Å². The topological polar surface area (TPSA) is 77.2 Å². The van der Waals surface area contributed by atoms with Crippen molar-refractivity contribution in [3.05, 3.63) is 53.5 Å². The van der Waals surface area contributed by atoms with Crippen LogP contribution in [0.15, 0.2) is 46.0 Å². The molecule has 164 valence electrons. The maximum Gasteiger partial charge on any atom is 0.191 e. The highest BCUT2D eigenvalue weighted by Crippen LogP contribution is 2.21. The Morgan fingerprint density at radius 3 is 2.93 bits per heavy atom. The summed E-state index contributed by atoms with van der Waals surface area (Å²) in [5, 5.41) is 6.88. The Hall–Kier alpha value is -2.51. The molecule has 7 heteroatoms. The molecule has 1 fully saturated rings. The summed E-state index contributed by atoms with van der Waals surface area (Å²) in [5.74, 6) is 3.12. The van der Waals surface area contributed by atoms with Crippen LogP contribution in [0, 0.1) is 12.8 Å². The zero-order valence-corrected chi connectivity index (χ0v) is 18.0. The van der Waals surface area contributed by atoms with Gasteiger partial charge in [0.25, 0.3) is 0 Å². The zero-order valence-electron chi connectivity index (χ0n) is 18.0. The number of furan rings is 1. The van der Waals surface area contributed by atoms with Crippen molar-refractivity contribution in [1.29, 1.82) is 0 Å².